The molecule has 1 aliphatic heterocycles. The second kappa shape index (κ2) is 8.22. The van der Waals surface area contributed by atoms with Crippen molar-refractivity contribution in [3.63, 3.8) is 0 Å². The Labute approximate surface area is 126 Å². The molecule has 21 heavy (non-hydrogen) atoms. The summed E-state index contributed by atoms with van der Waals surface area (Å²) in [6.07, 6.45) is 1.11. The summed E-state index contributed by atoms with van der Waals surface area (Å²) in [6.45, 7) is 7.49. The molecule has 1 saturated heterocycles. The molecule has 122 valence electrons. The summed E-state index contributed by atoms with van der Waals surface area (Å²) in [5.74, 6) is -0.393. The number of urea groups is 1. The Morgan fingerprint density at radius 3 is 2.57 bits per heavy atom. The van der Waals surface area contributed by atoms with Crippen LogP contribution in [0.4, 0.5) is 4.79 Å². The fourth-order valence-electron chi connectivity index (χ4n) is 2.81. The van der Waals surface area contributed by atoms with E-state index >= 15 is 0 Å². The van der Waals surface area contributed by atoms with Crippen LogP contribution in [0, 0.1) is 17.8 Å². The van der Waals surface area contributed by atoms with E-state index < -0.39 is 5.97 Å². The number of hydrogen-bond donors (Lipinski definition) is 3. The summed E-state index contributed by atoms with van der Waals surface area (Å²) >= 11 is 0. The number of piperidine rings is 1. The van der Waals surface area contributed by atoms with E-state index in [4.69, 9.17) is 5.11 Å². The van der Waals surface area contributed by atoms with Gasteiger partial charge in [0.2, 0.25) is 0 Å². The van der Waals surface area contributed by atoms with Crippen LogP contribution in [0.1, 0.15) is 40.0 Å². The minimum absolute atomic E-state index is 0.0424. The molecule has 0 aromatic heterocycles. The SMILES string of the molecule is CC(C)C[C@H](CNC(=O)N1CCC(O)C(C)C1)CC(=O)O. The average molecular weight is 300 g/mol. The molecule has 1 fully saturated rings. The van der Waals surface area contributed by atoms with Crippen LogP contribution < -0.4 is 5.32 Å². The molecule has 2 unspecified atom stereocenters. The molecule has 6 heteroatoms. The molecule has 0 aromatic rings. The van der Waals surface area contributed by atoms with Gasteiger partial charge in [-0.1, -0.05) is 20.8 Å². The molecule has 3 atom stereocenters. The normalized spacial score (nSPS) is 24.0. The number of carbonyl (C=O) groups excluding carboxylic acids is 1. The Morgan fingerprint density at radius 2 is 2.05 bits per heavy atom. The second-order valence-corrected chi connectivity index (χ2v) is 6.56. The topological polar surface area (TPSA) is 89.9 Å². The molecular formula is C15H28N2O4. The number of likely N-dealkylation sites (tertiary alicyclic amines) is 1. The number of amides is 2. The van der Waals surface area contributed by atoms with Crippen molar-refractivity contribution in [1.29, 1.82) is 0 Å². The summed E-state index contributed by atoms with van der Waals surface area (Å²) in [7, 11) is 0. The molecule has 1 rings (SSSR count). The molecule has 1 aliphatic rings. The Morgan fingerprint density at radius 1 is 1.38 bits per heavy atom. The van der Waals surface area contributed by atoms with Gasteiger partial charge in [0.25, 0.3) is 0 Å². The van der Waals surface area contributed by atoms with Gasteiger partial charge in [0, 0.05) is 26.1 Å². The molecular weight excluding hydrogens is 272 g/mol. The van der Waals surface area contributed by atoms with Gasteiger partial charge in [-0.15, -0.1) is 0 Å². The second-order valence-electron chi connectivity index (χ2n) is 6.56. The van der Waals surface area contributed by atoms with E-state index in [2.05, 4.69) is 5.32 Å². The fourth-order valence-corrected chi connectivity index (χ4v) is 2.81. The predicted molar refractivity (Wildman–Crippen MR) is 80.0 cm³/mol. The molecule has 3 N–H and O–H groups in total. The third-order valence-corrected chi connectivity index (χ3v) is 3.96. The summed E-state index contributed by atoms with van der Waals surface area (Å²) < 4.78 is 0. The number of aliphatic carboxylic acids is 1. The van der Waals surface area contributed by atoms with Crippen molar-refractivity contribution in [1.82, 2.24) is 10.2 Å². The molecule has 0 aliphatic carbocycles. The van der Waals surface area contributed by atoms with Crippen LogP contribution in [-0.2, 0) is 4.79 Å². The maximum atomic E-state index is 12.1. The van der Waals surface area contributed by atoms with Crippen LogP contribution in [-0.4, -0.2) is 52.9 Å². The lowest BCUT2D eigenvalue weighted by molar-refractivity contribution is -0.138. The van der Waals surface area contributed by atoms with E-state index in [0.717, 1.165) is 6.42 Å². The van der Waals surface area contributed by atoms with Crippen LogP contribution in [0.25, 0.3) is 0 Å². The van der Waals surface area contributed by atoms with Gasteiger partial charge in [0.15, 0.2) is 0 Å². The van der Waals surface area contributed by atoms with Gasteiger partial charge in [-0.3, -0.25) is 4.79 Å². The van der Waals surface area contributed by atoms with Crippen LogP contribution in [0.15, 0.2) is 0 Å². The number of nitrogens with one attached hydrogen (secondary N) is 1. The lowest BCUT2D eigenvalue weighted by atomic mass is 9.94. The van der Waals surface area contributed by atoms with Crippen molar-refractivity contribution < 1.29 is 19.8 Å². The zero-order chi connectivity index (χ0) is 16.0. The van der Waals surface area contributed by atoms with Crippen LogP contribution in [0.2, 0.25) is 0 Å². The van der Waals surface area contributed by atoms with E-state index in [-0.39, 0.29) is 30.4 Å². The van der Waals surface area contributed by atoms with Crippen molar-refractivity contribution >= 4 is 12.0 Å². The Hall–Kier alpha value is -1.30. The van der Waals surface area contributed by atoms with E-state index in [1.807, 2.05) is 20.8 Å². The first-order chi connectivity index (χ1) is 9.79. The van der Waals surface area contributed by atoms with Gasteiger partial charge >= 0.3 is 12.0 Å². The van der Waals surface area contributed by atoms with Crippen molar-refractivity contribution in [2.75, 3.05) is 19.6 Å². The van der Waals surface area contributed by atoms with Gasteiger partial charge in [-0.2, -0.15) is 0 Å². The summed E-state index contributed by atoms with van der Waals surface area (Å²) in [6, 6.07) is -0.159. The highest BCUT2D eigenvalue weighted by Gasteiger charge is 2.27. The molecule has 0 saturated carbocycles. The zero-order valence-electron chi connectivity index (χ0n) is 13.2. The lowest BCUT2D eigenvalue weighted by Gasteiger charge is -2.34. The lowest BCUT2D eigenvalue weighted by Crippen LogP contribution is -2.49. The largest absolute Gasteiger partial charge is 0.481 e. The number of nitrogens with zero attached hydrogens (tertiary/aromatic N) is 1. The highest BCUT2D eigenvalue weighted by Crippen LogP contribution is 2.17. The standard InChI is InChI=1S/C15H28N2O4/c1-10(2)6-12(7-14(19)20)8-16-15(21)17-5-4-13(18)11(3)9-17/h10-13,18H,4-9H2,1-3H3,(H,16,21)(H,19,20)/t11?,12-,13?/m0/s1. The molecule has 0 radical (unpaired) electrons. The summed E-state index contributed by atoms with van der Waals surface area (Å²) in [5, 5.41) is 21.4. The number of carboxylic acids is 1. The van der Waals surface area contributed by atoms with Crippen molar-refractivity contribution in [3.8, 4) is 0 Å². The Balaban J connectivity index is 2.43. The van der Waals surface area contributed by atoms with Crippen LogP contribution in [0.3, 0.4) is 0 Å². The first-order valence-electron chi connectivity index (χ1n) is 7.72. The molecule has 1 heterocycles. The quantitative estimate of drug-likeness (QED) is 0.694. The molecule has 0 spiro atoms. The fraction of sp³-hybridized carbons (Fsp3) is 0.867. The monoisotopic (exact) mass is 300 g/mol. The highest BCUT2D eigenvalue weighted by molar-refractivity contribution is 5.74. The predicted octanol–water partition coefficient (Wildman–Crippen LogP) is 1.54. The van der Waals surface area contributed by atoms with Crippen LogP contribution in [0.5, 0.6) is 0 Å². The van der Waals surface area contributed by atoms with Gasteiger partial charge in [-0.25, -0.2) is 4.79 Å². The van der Waals surface area contributed by atoms with Crippen molar-refractivity contribution in [3.05, 3.63) is 0 Å². The first kappa shape index (κ1) is 17.8. The van der Waals surface area contributed by atoms with Crippen LogP contribution >= 0.6 is 0 Å². The van der Waals surface area contributed by atoms with Gasteiger partial charge in [-0.05, 0) is 30.6 Å². The van der Waals surface area contributed by atoms with E-state index in [1.165, 1.54) is 0 Å². The van der Waals surface area contributed by atoms with Crippen molar-refractivity contribution in [2.45, 2.75) is 46.1 Å². The smallest absolute Gasteiger partial charge is 0.317 e. The van der Waals surface area contributed by atoms with E-state index in [0.29, 0.717) is 32.0 Å². The molecule has 2 amide bonds. The average Bonchev–Trinajstić information content (AvgIpc) is 2.37. The maximum absolute atomic E-state index is 12.1. The molecule has 6 nitrogen and oxygen atoms in total. The molecule has 0 aromatic carbocycles. The zero-order valence-corrected chi connectivity index (χ0v) is 13.2. The van der Waals surface area contributed by atoms with Crippen molar-refractivity contribution in [2.24, 2.45) is 17.8 Å². The Kier molecular flexibility index (Phi) is 6.95. The molecule has 0 bridgehead atoms. The number of carbonyl (C=O) groups is 2. The van der Waals surface area contributed by atoms with E-state index in [9.17, 15) is 14.7 Å². The van der Waals surface area contributed by atoms with Gasteiger partial charge in [0.05, 0.1) is 6.10 Å². The third-order valence-electron chi connectivity index (χ3n) is 3.96. The minimum atomic E-state index is -0.829. The minimum Gasteiger partial charge on any atom is -0.481 e. The summed E-state index contributed by atoms with van der Waals surface area (Å²) in [5.41, 5.74) is 0. The van der Waals surface area contributed by atoms with Gasteiger partial charge in [0.1, 0.15) is 0 Å². The number of rotatable bonds is 6. The Bertz CT molecular complexity index is 360. The third kappa shape index (κ3) is 6.33. The number of hydrogen-bond acceptors (Lipinski definition) is 3. The summed E-state index contributed by atoms with van der Waals surface area (Å²) in [4.78, 5) is 24.7. The highest BCUT2D eigenvalue weighted by atomic mass is 16.4. The number of aliphatic hydroxyl groups excluding tert-OH is 1. The first-order valence-corrected chi connectivity index (χ1v) is 7.72. The number of carboxylic acid groups (broad SMARTS) is 1. The maximum Gasteiger partial charge on any atom is 0.317 e. The van der Waals surface area contributed by atoms with Gasteiger partial charge < -0.3 is 20.4 Å². The van der Waals surface area contributed by atoms with E-state index in [1.54, 1.807) is 4.90 Å². The number of aliphatic hydroxyl groups is 1.